The average molecular weight is 238 g/mol. The summed E-state index contributed by atoms with van der Waals surface area (Å²) in [7, 11) is 0. The van der Waals surface area contributed by atoms with Gasteiger partial charge in [0.1, 0.15) is 12.4 Å². The van der Waals surface area contributed by atoms with Crippen molar-refractivity contribution in [2.24, 2.45) is 5.92 Å². The molecule has 0 aliphatic rings. The average Bonchev–Trinajstić information content (AvgIpc) is 2.27. The van der Waals surface area contributed by atoms with Gasteiger partial charge in [-0.2, -0.15) is 0 Å². The molecule has 1 rings (SSSR count). The first-order chi connectivity index (χ1) is 7.83. The molecule has 17 heavy (non-hydrogen) atoms. The van der Waals surface area contributed by atoms with Gasteiger partial charge in [0.15, 0.2) is 0 Å². The van der Waals surface area contributed by atoms with Crippen molar-refractivity contribution in [3.05, 3.63) is 29.8 Å². The number of rotatable bonds is 5. The predicted molar refractivity (Wildman–Crippen MR) is 68.0 cm³/mol. The number of benzene rings is 1. The van der Waals surface area contributed by atoms with Crippen LogP contribution in [0.3, 0.4) is 0 Å². The normalized spacial score (nSPS) is 16.6. The lowest BCUT2D eigenvalue weighted by molar-refractivity contribution is -0.0266. The van der Waals surface area contributed by atoms with Crippen LogP contribution in [-0.2, 0) is 0 Å². The molecular weight excluding hydrogens is 216 g/mol. The van der Waals surface area contributed by atoms with Crippen molar-refractivity contribution < 1.29 is 14.9 Å². The summed E-state index contributed by atoms with van der Waals surface area (Å²) in [6.07, 6.45) is -0.470. The fraction of sp³-hybridized carbons (Fsp3) is 0.571. The smallest absolute Gasteiger partial charge is 0.119 e. The van der Waals surface area contributed by atoms with E-state index in [2.05, 4.69) is 0 Å². The molecule has 3 nitrogen and oxygen atoms in total. The Hall–Kier alpha value is -1.06. The summed E-state index contributed by atoms with van der Waals surface area (Å²) >= 11 is 0. The topological polar surface area (TPSA) is 49.7 Å². The lowest BCUT2D eigenvalue weighted by Crippen LogP contribution is -2.37. The highest BCUT2D eigenvalue weighted by Crippen LogP contribution is 2.21. The van der Waals surface area contributed by atoms with E-state index < -0.39 is 11.7 Å². The SMILES string of the molecule is CC(O)c1ccc(OCC(C)(O)C(C)C)cc1. The molecule has 0 fully saturated rings. The van der Waals surface area contributed by atoms with Crippen molar-refractivity contribution in [3.8, 4) is 5.75 Å². The number of ether oxygens (including phenoxy) is 1. The van der Waals surface area contributed by atoms with E-state index in [0.717, 1.165) is 5.56 Å². The molecule has 2 atom stereocenters. The van der Waals surface area contributed by atoms with Crippen LogP contribution in [0.2, 0.25) is 0 Å². The van der Waals surface area contributed by atoms with E-state index in [1.165, 1.54) is 0 Å². The van der Waals surface area contributed by atoms with Gasteiger partial charge >= 0.3 is 0 Å². The van der Waals surface area contributed by atoms with Crippen molar-refractivity contribution in [2.45, 2.75) is 39.4 Å². The van der Waals surface area contributed by atoms with Crippen molar-refractivity contribution in [3.63, 3.8) is 0 Å². The highest BCUT2D eigenvalue weighted by atomic mass is 16.5. The van der Waals surface area contributed by atoms with Crippen LogP contribution in [0.5, 0.6) is 5.75 Å². The standard InChI is InChI=1S/C14H22O3/c1-10(2)14(4,16)9-17-13-7-5-12(6-8-13)11(3)15/h5-8,10-11,15-16H,9H2,1-4H3. The minimum Gasteiger partial charge on any atom is -0.491 e. The van der Waals surface area contributed by atoms with Gasteiger partial charge in [-0.15, -0.1) is 0 Å². The quantitative estimate of drug-likeness (QED) is 0.828. The summed E-state index contributed by atoms with van der Waals surface area (Å²) < 4.78 is 5.54. The summed E-state index contributed by atoms with van der Waals surface area (Å²) in [5.74, 6) is 0.842. The second kappa shape index (κ2) is 5.52. The van der Waals surface area contributed by atoms with Crippen LogP contribution in [0.1, 0.15) is 39.4 Å². The third kappa shape index (κ3) is 4.02. The van der Waals surface area contributed by atoms with Gasteiger partial charge in [0, 0.05) is 0 Å². The zero-order valence-corrected chi connectivity index (χ0v) is 11.0. The summed E-state index contributed by atoms with van der Waals surface area (Å²) in [5, 5.41) is 19.4. The van der Waals surface area contributed by atoms with Crippen molar-refractivity contribution >= 4 is 0 Å². The lowest BCUT2D eigenvalue weighted by atomic mass is 9.94. The van der Waals surface area contributed by atoms with Crippen molar-refractivity contribution in [1.82, 2.24) is 0 Å². The Bertz CT molecular complexity index is 339. The molecule has 2 N–H and O–H groups in total. The van der Waals surface area contributed by atoms with Crippen molar-refractivity contribution in [2.75, 3.05) is 6.61 Å². The molecule has 1 aromatic rings. The number of hydrogen-bond donors (Lipinski definition) is 2. The third-order valence-electron chi connectivity index (χ3n) is 3.14. The van der Waals surface area contributed by atoms with Crippen LogP contribution in [0, 0.1) is 5.92 Å². The summed E-state index contributed by atoms with van der Waals surface area (Å²) in [6.45, 7) is 7.67. The highest BCUT2D eigenvalue weighted by molar-refractivity contribution is 5.28. The van der Waals surface area contributed by atoms with Gasteiger partial charge in [-0.1, -0.05) is 26.0 Å². The van der Waals surface area contributed by atoms with E-state index in [1.54, 1.807) is 26.0 Å². The molecule has 0 aromatic heterocycles. The molecule has 0 amide bonds. The van der Waals surface area contributed by atoms with Gasteiger partial charge in [-0.05, 0) is 37.5 Å². The molecule has 0 aliphatic carbocycles. The minimum atomic E-state index is -0.830. The molecule has 3 heteroatoms. The number of hydrogen-bond acceptors (Lipinski definition) is 3. The van der Waals surface area contributed by atoms with Crippen LogP contribution in [-0.4, -0.2) is 22.4 Å². The van der Waals surface area contributed by atoms with E-state index in [-0.39, 0.29) is 12.5 Å². The third-order valence-corrected chi connectivity index (χ3v) is 3.14. The molecule has 2 unspecified atom stereocenters. The molecule has 96 valence electrons. The van der Waals surface area contributed by atoms with E-state index in [1.807, 2.05) is 26.0 Å². The summed E-state index contributed by atoms with van der Waals surface area (Å²) in [5.41, 5.74) is 0.0242. The highest BCUT2D eigenvalue weighted by Gasteiger charge is 2.25. The first-order valence-electron chi connectivity index (χ1n) is 5.96. The largest absolute Gasteiger partial charge is 0.491 e. The Morgan fingerprint density at radius 3 is 2.12 bits per heavy atom. The van der Waals surface area contributed by atoms with Crippen LogP contribution in [0.15, 0.2) is 24.3 Å². The second-order valence-corrected chi connectivity index (χ2v) is 5.05. The van der Waals surface area contributed by atoms with Gasteiger partial charge in [0.05, 0.1) is 11.7 Å². The van der Waals surface area contributed by atoms with E-state index in [0.29, 0.717) is 5.75 Å². The maximum absolute atomic E-state index is 10.0. The van der Waals surface area contributed by atoms with Crippen LogP contribution in [0.4, 0.5) is 0 Å². The van der Waals surface area contributed by atoms with Gasteiger partial charge in [-0.25, -0.2) is 0 Å². The minimum absolute atomic E-state index is 0.138. The molecule has 0 spiro atoms. The fourth-order valence-electron chi connectivity index (χ4n) is 1.24. The Kier molecular flexibility index (Phi) is 4.54. The maximum atomic E-state index is 10.0. The van der Waals surface area contributed by atoms with Gasteiger partial charge in [0.2, 0.25) is 0 Å². The summed E-state index contributed by atoms with van der Waals surface area (Å²) in [4.78, 5) is 0. The van der Waals surface area contributed by atoms with Gasteiger partial charge in [-0.3, -0.25) is 0 Å². The molecular formula is C14H22O3. The number of aliphatic hydroxyl groups is 2. The van der Waals surface area contributed by atoms with Crippen LogP contribution < -0.4 is 4.74 Å². The maximum Gasteiger partial charge on any atom is 0.119 e. The lowest BCUT2D eigenvalue weighted by Gasteiger charge is -2.27. The Labute approximate surface area is 103 Å². The van der Waals surface area contributed by atoms with E-state index in [9.17, 15) is 10.2 Å². The number of aliphatic hydroxyl groups excluding tert-OH is 1. The fourth-order valence-corrected chi connectivity index (χ4v) is 1.24. The molecule has 0 bridgehead atoms. The molecule has 0 heterocycles. The molecule has 0 radical (unpaired) electrons. The predicted octanol–water partition coefficient (Wildman–Crippen LogP) is 2.53. The Morgan fingerprint density at radius 2 is 1.71 bits per heavy atom. The summed E-state index contributed by atoms with van der Waals surface area (Å²) in [6, 6.07) is 7.26. The Morgan fingerprint density at radius 1 is 1.18 bits per heavy atom. The van der Waals surface area contributed by atoms with Gasteiger partial charge < -0.3 is 14.9 Å². The molecule has 0 saturated heterocycles. The van der Waals surface area contributed by atoms with E-state index >= 15 is 0 Å². The second-order valence-electron chi connectivity index (χ2n) is 5.05. The van der Waals surface area contributed by atoms with Crippen LogP contribution in [0.25, 0.3) is 0 Å². The first kappa shape index (κ1) is 14.0. The Balaban J connectivity index is 2.59. The zero-order chi connectivity index (χ0) is 13.1. The molecule has 0 aliphatic heterocycles. The van der Waals surface area contributed by atoms with E-state index in [4.69, 9.17) is 4.74 Å². The van der Waals surface area contributed by atoms with Gasteiger partial charge in [0.25, 0.3) is 0 Å². The monoisotopic (exact) mass is 238 g/mol. The van der Waals surface area contributed by atoms with Crippen LogP contribution >= 0.6 is 0 Å². The molecule has 0 saturated carbocycles. The zero-order valence-electron chi connectivity index (χ0n) is 11.0. The molecule has 1 aromatic carbocycles. The first-order valence-corrected chi connectivity index (χ1v) is 5.96. The van der Waals surface area contributed by atoms with Crippen molar-refractivity contribution in [1.29, 1.82) is 0 Å².